The van der Waals surface area contributed by atoms with Gasteiger partial charge in [-0.2, -0.15) is 18.2 Å². The molecule has 0 spiro atoms. The second kappa shape index (κ2) is 8.90. The van der Waals surface area contributed by atoms with Crippen LogP contribution < -0.4 is 15.5 Å². The summed E-state index contributed by atoms with van der Waals surface area (Å²) in [5.41, 5.74) is 4.06. The Morgan fingerprint density at radius 3 is 2.37 bits per heavy atom. The molecular weight excluding hydrogens is 457 g/mol. The quantitative estimate of drug-likeness (QED) is 0.516. The van der Waals surface area contributed by atoms with Crippen LogP contribution in [0, 0.1) is 26.7 Å². The normalized spacial score (nSPS) is 15.9. The summed E-state index contributed by atoms with van der Waals surface area (Å²) in [5, 5.41) is 6.20. The summed E-state index contributed by atoms with van der Waals surface area (Å²) < 4.78 is 40.7. The number of benzene rings is 1. The number of nitrogens with zero attached hydrogens (tertiary/aromatic N) is 4. The monoisotopic (exact) mass is 486 g/mol. The van der Waals surface area contributed by atoms with Crippen molar-refractivity contribution in [3.63, 3.8) is 0 Å². The molecule has 4 rings (SSSR count). The molecule has 7 nitrogen and oxygen atoms in total. The van der Waals surface area contributed by atoms with Crippen LogP contribution in [0.3, 0.4) is 0 Å². The Labute approximate surface area is 202 Å². The number of carbonyl (C=O) groups is 1. The van der Waals surface area contributed by atoms with Gasteiger partial charge in [0.2, 0.25) is 11.9 Å². The fourth-order valence-corrected chi connectivity index (χ4v) is 4.67. The zero-order valence-corrected chi connectivity index (χ0v) is 20.6. The van der Waals surface area contributed by atoms with Gasteiger partial charge in [-0.1, -0.05) is 13.8 Å². The molecular formula is C25H29F3N6O. The molecule has 10 heteroatoms. The Kier molecular flexibility index (Phi) is 6.25. The molecule has 3 aromatic rings. The van der Waals surface area contributed by atoms with Crippen molar-refractivity contribution in [1.29, 1.82) is 0 Å². The Morgan fingerprint density at radius 1 is 1.11 bits per heavy atom. The molecule has 0 radical (unpaired) electrons. The Balaban J connectivity index is 1.57. The van der Waals surface area contributed by atoms with Crippen molar-refractivity contribution in [2.45, 2.75) is 53.4 Å². The predicted molar refractivity (Wildman–Crippen MR) is 130 cm³/mol. The summed E-state index contributed by atoms with van der Waals surface area (Å²) in [6, 6.07) is 6.81. The van der Waals surface area contributed by atoms with Crippen molar-refractivity contribution < 1.29 is 18.0 Å². The Bertz CT molecular complexity index is 1260. The largest absolute Gasteiger partial charge is 0.416 e. The Hall–Kier alpha value is -3.56. The SMILES string of the molecule is Cc1nc(NCc2cc(C)n(-c3ccc(C(F)(F)F)cc3)c2C)nc2c1NC(=O)[C@H](C(C)C)N2C. The maximum Gasteiger partial charge on any atom is 0.416 e. The van der Waals surface area contributed by atoms with Crippen LogP contribution in [0.5, 0.6) is 0 Å². The van der Waals surface area contributed by atoms with Gasteiger partial charge in [-0.25, -0.2) is 4.98 Å². The van der Waals surface area contributed by atoms with Crippen molar-refractivity contribution in [2.75, 3.05) is 22.6 Å². The maximum atomic E-state index is 12.9. The lowest BCUT2D eigenvalue weighted by atomic mass is 9.99. The van der Waals surface area contributed by atoms with E-state index in [0.29, 0.717) is 35.4 Å². The zero-order valence-electron chi connectivity index (χ0n) is 20.6. The lowest BCUT2D eigenvalue weighted by molar-refractivity contribution is -0.137. The molecule has 0 fully saturated rings. The van der Waals surface area contributed by atoms with Gasteiger partial charge in [0.25, 0.3) is 0 Å². The number of aryl methyl sites for hydroxylation is 2. The van der Waals surface area contributed by atoms with Gasteiger partial charge >= 0.3 is 6.18 Å². The van der Waals surface area contributed by atoms with E-state index in [-0.39, 0.29) is 17.9 Å². The van der Waals surface area contributed by atoms with Crippen molar-refractivity contribution in [1.82, 2.24) is 14.5 Å². The van der Waals surface area contributed by atoms with E-state index in [2.05, 4.69) is 20.6 Å². The van der Waals surface area contributed by atoms with Crippen LogP contribution >= 0.6 is 0 Å². The topological polar surface area (TPSA) is 75.1 Å². The molecule has 0 saturated heterocycles. The van der Waals surface area contributed by atoms with E-state index in [9.17, 15) is 18.0 Å². The standard InChI is InChI=1S/C25H29F3N6O/c1-13(2)21-23(35)31-20-15(4)30-24(32-22(20)33(21)6)29-12-17-11-14(3)34(16(17)5)19-9-7-18(8-10-19)25(26,27)28/h7-11,13,21H,12H2,1-6H3,(H,31,35)(H,29,30,32)/t21-/m0/s1. The molecule has 0 unspecified atom stereocenters. The predicted octanol–water partition coefficient (Wildman–Crippen LogP) is 5.24. The average Bonchev–Trinajstić information content (AvgIpc) is 3.05. The molecule has 35 heavy (non-hydrogen) atoms. The van der Waals surface area contributed by atoms with E-state index < -0.39 is 11.7 Å². The molecule has 1 amide bonds. The van der Waals surface area contributed by atoms with E-state index in [1.54, 1.807) is 0 Å². The first-order valence-corrected chi connectivity index (χ1v) is 11.4. The summed E-state index contributed by atoms with van der Waals surface area (Å²) in [7, 11) is 1.86. The van der Waals surface area contributed by atoms with Crippen LogP contribution in [0.1, 0.15) is 42.1 Å². The molecule has 186 valence electrons. The van der Waals surface area contributed by atoms with Gasteiger partial charge in [-0.3, -0.25) is 4.79 Å². The number of rotatable bonds is 5. The van der Waals surface area contributed by atoms with Crippen LogP contribution in [0.15, 0.2) is 30.3 Å². The molecule has 3 heterocycles. The average molecular weight is 487 g/mol. The van der Waals surface area contributed by atoms with Crippen molar-refractivity contribution >= 4 is 23.4 Å². The minimum Gasteiger partial charge on any atom is -0.350 e. The van der Waals surface area contributed by atoms with E-state index in [1.807, 2.05) is 57.2 Å². The van der Waals surface area contributed by atoms with Gasteiger partial charge in [-0.15, -0.1) is 0 Å². The number of hydrogen-bond donors (Lipinski definition) is 2. The highest BCUT2D eigenvalue weighted by Gasteiger charge is 2.35. The molecule has 0 aliphatic carbocycles. The minimum atomic E-state index is -4.37. The van der Waals surface area contributed by atoms with Crippen LogP contribution in [0.4, 0.5) is 30.6 Å². The number of hydrogen-bond acceptors (Lipinski definition) is 5. The summed E-state index contributed by atoms with van der Waals surface area (Å²) in [5.74, 6) is 1.13. The summed E-state index contributed by atoms with van der Waals surface area (Å²) in [6.45, 7) is 10.1. The van der Waals surface area contributed by atoms with Gasteiger partial charge in [0.15, 0.2) is 5.82 Å². The molecule has 2 N–H and O–H groups in total. The molecule has 0 saturated carbocycles. The van der Waals surface area contributed by atoms with Crippen LogP contribution in [-0.2, 0) is 17.5 Å². The third kappa shape index (κ3) is 4.56. The first-order chi connectivity index (χ1) is 16.4. The highest BCUT2D eigenvalue weighted by atomic mass is 19.4. The van der Waals surface area contributed by atoms with Crippen LogP contribution in [0.2, 0.25) is 0 Å². The second-order valence-corrected chi connectivity index (χ2v) is 9.25. The lowest BCUT2D eigenvalue weighted by Gasteiger charge is -2.36. The number of amides is 1. The summed E-state index contributed by atoms with van der Waals surface area (Å²) >= 11 is 0. The Morgan fingerprint density at radius 2 is 1.77 bits per heavy atom. The number of nitrogens with one attached hydrogen (secondary N) is 2. The number of fused-ring (bicyclic) bond motifs is 1. The zero-order chi connectivity index (χ0) is 25.7. The minimum absolute atomic E-state index is 0.0712. The van der Waals surface area contributed by atoms with Crippen molar-refractivity contribution in [3.05, 3.63) is 58.5 Å². The smallest absolute Gasteiger partial charge is 0.350 e. The number of anilines is 3. The fourth-order valence-electron chi connectivity index (χ4n) is 4.67. The summed E-state index contributed by atoms with van der Waals surface area (Å²) in [4.78, 5) is 23.6. The number of halogens is 3. The molecule has 1 atom stereocenters. The van der Waals surface area contributed by atoms with Crippen molar-refractivity contribution in [2.24, 2.45) is 5.92 Å². The number of alkyl halides is 3. The number of likely N-dealkylation sites (N-methyl/N-ethyl adjacent to an activating group) is 1. The molecule has 1 aliphatic rings. The maximum absolute atomic E-state index is 12.9. The molecule has 0 bridgehead atoms. The first kappa shape index (κ1) is 24.6. The van der Waals surface area contributed by atoms with Gasteiger partial charge in [-0.05, 0) is 62.6 Å². The van der Waals surface area contributed by atoms with E-state index in [0.717, 1.165) is 29.1 Å². The van der Waals surface area contributed by atoms with E-state index >= 15 is 0 Å². The highest BCUT2D eigenvalue weighted by Crippen LogP contribution is 2.34. The van der Waals surface area contributed by atoms with Gasteiger partial charge in [0, 0.05) is 30.7 Å². The van der Waals surface area contributed by atoms with Gasteiger partial charge < -0.3 is 20.1 Å². The molecule has 1 aromatic carbocycles. The van der Waals surface area contributed by atoms with E-state index in [1.165, 1.54) is 12.1 Å². The molecule has 1 aliphatic heterocycles. The lowest BCUT2D eigenvalue weighted by Crippen LogP contribution is -2.49. The first-order valence-electron chi connectivity index (χ1n) is 11.4. The van der Waals surface area contributed by atoms with Crippen molar-refractivity contribution in [3.8, 4) is 5.69 Å². The van der Waals surface area contributed by atoms with Gasteiger partial charge in [0.05, 0.1) is 11.3 Å². The van der Waals surface area contributed by atoms with E-state index in [4.69, 9.17) is 0 Å². The van der Waals surface area contributed by atoms with Crippen LogP contribution in [-0.4, -0.2) is 33.5 Å². The molecule has 2 aromatic heterocycles. The van der Waals surface area contributed by atoms with Crippen LogP contribution in [0.25, 0.3) is 5.69 Å². The highest BCUT2D eigenvalue weighted by molar-refractivity contribution is 6.03. The number of carbonyl (C=O) groups excluding carboxylic acids is 1. The second-order valence-electron chi connectivity index (χ2n) is 9.25. The summed E-state index contributed by atoms with van der Waals surface area (Å²) in [6.07, 6.45) is -4.37. The third-order valence-corrected chi connectivity index (χ3v) is 6.40. The van der Waals surface area contributed by atoms with Gasteiger partial charge in [0.1, 0.15) is 11.7 Å². The fraction of sp³-hybridized carbons (Fsp3) is 0.400. The third-order valence-electron chi connectivity index (χ3n) is 6.40. The number of aromatic nitrogens is 3.